The molecule has 0 aliphatic heterocycles. The number of carbonyl (C=O) groups is 2. The Balaban J connectivity index is 1.77. The number of hydrogen-bond donors (Lipinski definition) is 2. The largest absolute Gasteiger partial charge is 0.484 e. The molecule has 3 N–H and O–H groups in total. The number of amides is 2. The monoisotopic (exact) mass is 388 g/mol. The highest BCUT2D eigenvalue weighted by molar-refractivity contribution is 9.10. The smallest absolute Gasteiger partial charge is 0.291 e. The lowest BCUT2D eigenvalue weighted by atomic mass is 10.2. The topological polar surface area (TPSA) is 94.6 Å². The van der Waals surface area contributed by atoms with Gasteiger partial charge >= 0.3 is 0 Å². The molecule has 0 atom stereocenters. The van der Waals surface area contributed by atoms with Gasteiger partial charge in [-0.2, -0.15) is 0 Å². The van der Waals surface area contributed by atoms with E-state index in [1.54, 1.807) is 30.3 Å². The second kappa shape index (κ2) is 6.76. The SMILES string of the molecule is NC(=O)COc1cccc(NC(=O)c2cc3cccc(Br)c3o2)c1. The van der Waals surface area contributed by atoms with Gasteiger partial charge in [-0.3, -0.25) is 9.59 Å². The Kier molecular flexibility index (Phi) is 4.52. The van der Waals surface area contributed by atoms with Crippen LogP contribution in [-0.2, 0) is 4.79 Å². The fourth-order valence-electron chi connectivity index (χ4n) is 2.15. The van der Waals surface area contributed by atoms with E-state index in [1.165, 1.54) is 0 Å². The summed E-state index contributed by atoms with van der Waals surface area (Å²) in [6.45, 7) is -0.227. The summed E-state index contributed by atoms with van der Waals surface area (Å²) in [5, 5.41) is 3.55. The molecule has 0 aliphatic rings. The number of rotatable bonds is 5. The third-order valence-electron chi connectivity index (χ3n) is 3.19. The van der Waals surface area contributed by atoms with Crippen molar-refractivity contribution in [3.8, 4) is 5.75 Å². The van der Waals surface area contributed by atoms with Crippen LogP contribution >= 0.6 is 15.9 Å². The molecule has 0 fully saturated rings. The molecule has 122 valence electrons. The predicted molar refractivity (Wildman–Crippen MR) is 93.0 cm³/mol. The Labute approximate surface area is 145 Å². The Morgan fingerprint density at radius 1 is 1.17 bits per heavy atom. The van der Waals surface area contributed by atoms with Gasteiger partial charge in [0.15, 0.2) is 12.4 Å². The van der Waals surface area contributed by atoms with Crippen LogP contribution in [0.2, 0.25) is 0 Å². The maximum Gasteiger partial charge on any atom is 0.291 e. The van der Waals surface area contributed by atoms with Gasteiger partial charge in [-0.1, -0.05) is 18.2 Å². The fraction of sp³-hybridized carbons (Fsp3) is 0.0588. The zero-order valence-electron chi connectivity index (χ0n) is 12.4. The van der Waals surface area contributed by atoms with Crippen molar-refractivity contribution in [2.75, 3.05) is 11.9 Å². The molecule has 0 saturated carbocycles. The molecule has 3 aromatic rings. The van der Waals surface area contributed by atoms with Crippen molar-refractivity contribution in [3.63, 3.8) is 0 Å². The third kappa shape index (κ3) is 3.57. The lowest BCUT2D eigenvalue weighted by molar-refractivity contribution is -0.119. The third-order valence-corrected chi connectivity index (χ3v) is 3.82. The van der Waals surface area contributed by atoms with Crippen LogP contribution in [0.5, 0.6) is 5.75 Å². The average Bonchev–Trinajstić information content (AvgIpc) is 2.99. The molecule has 0 radical (unpaired) electrons. The van der Waals surface area contributed by atoms with Gasteiger partial charge < -0.3 is 20.2 Å². The molecule has 7 heteroatoms. The first kappa shape index (κ1) is 16.1. The van der Waals surface area contributed by atoms with Crippen molar-refractivity contribution in [1.82, 2.24) is 0 Å². The Morgan fingerprint density at radius 2 is 1.96 bits per heavy atom. The second-order valence-corrected chi connectivity index (χ2v) is 5.86. The van der Waals surface area contributed by atoms with Crippen LogP contribution in [0.15, 0.2) is 57.4 Å². The molecule has 0 spiro atoms. The molecule has 1 heterocycles. The van der Waals surface area contributed by atoms with Gasteiger partial charge in [0.2, 0.25) is 0 Å². The zero-order valence-corrected chi connectivity index (χ0v) is 14.0. The minimum Gasteiger partial charge on any atom is -0.484 e. The van der Waals surface area contributed by atoms with Gasteiger partial charge in [-0.15, -0.1) is 0 Å². The summed E-state index contributed by atoms with van der Waals surface area (Å²) >= 11 is 3.38. The maximum absolute atomic E-state index is 12.3. The molecule has 0 saturated heterocycles. The normalized spacial score (nSPS) is 10.5. The lowest BCUT2D eigenvalue weighted by Crippen LogP contribution is -2.20. The molecular formula is C17H13BrN2O4. The van der Waals surface area contributed by atoms with E-state index in [-0.39, 0.29) is 18.3 Å². The molecule has 2 aromatic carbocycles. The van der Waals surface area contributed by atoms with E-state index in [1.807, 2.05) is 18.2 Å². The molecule has 0 unspecified atom stereocenters. The summed E-state index contributed by atoms with van der Waals surface area (Å²) in [4.78, 5) is 23.1. The number of para-hydroxylation sites is 1. The number of primary amides is 1. The number of benzene rings is 2. The van der Waals surface area contributed by atoms with E-state index in [2.05, 4.69) is 21.2 Å². The van der Waals surface area contributed by atoms with Gasteiger partial charge in [0.05, 0.1) is 4.47 Å². The second-order valence-electron chi connectivity index (χ2n) is 5.01. The lowest BCUT2D eigenvalue weighted by Gasteiger charge is -2.07. The molecular weight excluding hydrogens is 376 g/mol. The van der Waals surface area contributed by atoms with E-state index in [4.69, 9.17) is 14.9 Å². The standard InChI is InChI=1S/C17H13BrN2O4/c18-13-6-1-3-10-7-14(24-16(10)13)17(22)20-11-4-2-5-12(8-11)23-9-15(19)21/h1-8H,9H2,(H2,19,21)(H,20,22). The average molecular weight is 389 g/mol. The summed E-state index contributed by atoms with van der Waals surface area (Å²) in [6.07, 6.45) is 0. The first-order valence-corrected chi connectivity index (χ1v) is 7.83. The summed E-state index contributed by atoms with van der Waals surface area (Å²) in [5.41, 5.74) is 6.16. The molecule has 0 aliphatic carbocycles. The van der Waals surface area contributed by atoms with E-state index in [0.29, 0.717) is 17.0 Å². The zero-order chi connectivity index (χ0) is 17.1. The molecule has 6 nitrogen and oxygen atoms in total. The van der Waals surface area contributed by atoms with Crippen molar-refractivity contribution < 1.29 is 18.7 Å². The van der Waals surface area contributed by atoms with Crippen molar-refractivity contribution in [1.29, 1.82) is 0 Å². The van der Waals surface area contributed by atoms with Crippen LogP contribution in [0.1, 0.15) is 10.6 Å². The van der Waals surface area contributed by atoms with Gasteiger partial charge in [0, 0.05) is 17.1 Å². The number of nitrogens with two attached hydrogens (primary N) is 1. The highest BCUT2D eigenvalue weighted by Crippen LogP contribution is 2.27. The number of carbonyl (C=O) groups excluding carboxylic acids is 2. The number of fused-ring (bicyclic) bond motifs is 1. The highest BCUT2D eigenvalue weighted by atomic mass is 79.9. The van der Waals surface area contributed by atoms with Crippen LogP contribution in [0.25, 0.3) is 11.0 Å². The molecule has 3 rings (SSSR count). The van der Waals surface area contributed by atoms with Crippen molar-refractivity contribution in [2.45, 2.75) is 0 Å². The van der Waals surface area contributed by atoms with Crippen LogP contribution < -0.4 is 15.8 Å². The van der Waals surface area contributed by atoms with Crippen LogP contribution in [-0.4, -0.2) is 18.4 Å². The van der Waals surface area contributed by atoms with E-state index < -0.39 is 5.91 Å². The van der Waals surface area contributed by atoms with E-state index >= 15 is 0 Å². The molecule has 1 aromatic heterocycles. The number of anilines is 1. The molecule has 2 amide bonds. The van der Waals surface area contributed by atoms with Gasteiger partial charge in [-0.05, 0) is 40.2 Å². The highest BCUT2D eigenvalue weighted by Gasteiger charge is 2.14. The van der Waals surface area contributed by atoms with Crippen LogP contribution in [0.4, 0.5) is 5.69 Å². The van der Waals surface area contributed by atoms with Crippen LogP contribution in [0.3, 0.4) is 0 Å². The van der Waals surface area contributed by atoms with Gasteiger partial charge in [-0.25, -0.2) is 0 Å². The number of halogens is 1. The fourth-order valence-corrected chi connectivity index (χ4v) is 2.61. The predicted octanol–water partition coefficient (Wildman–Crippen LogP) is 3.31. The number of nitrogens with one attached hydrogen (secondary N) is 1. The first-order chi connectivity index (χ1) is 11.5. The van der Waals surface area contributed by atoms with Crippen molar-refractivity contribution >= 4 is 44.4 Å². The quantitative estimate of drug-likeness (QED) is 0.700. The van der Waals surface area contributed by atoms with E-state index in [0.717, 1.165) is 9.86 Å². The Morgan fingerprint density at radius 3 is 2.71 bits per heavy atom. The number of furan rings is 1. The summed E-state index contributed by atoms with van der Waals surface area (Å²) in [5.74, 6) is -0.332. The first-order valence-electron chi connectivity index (χ1n) is 7.03. The number of hydrogen-bond acceptors (Lipinski definition) is 4. The molecule has 0 bridgehead atoms. The summed E-state index contributed by atoms with van der Waals surface area (Å²) < 4.78 is 11.6. The minimum absolute atomic E-state index is 0.195. The Bertz CT molecular complexity index is 920. The van der Waals surface area contributed by atoms with E-state index in [9.17, 15) is 9.59 Å². The summed E-state index contributed by atoms with van der Waals surface area (Å²) in [7, 11) is 0. The Hall–Kier alpha value is -2.80. The molecule has 24 heavy (non-hydrogen) atoms. The van der Waals surface area contributed by atoms with Crippen molar-refractivity contribution in [2.24, 2.45) is 5.73 Å². The van der Waals surface area contributed by atoms with Gasteiger partial charge in [0.1, 0.15) is 11.3 Å². The number of ether oxygens (including phenoxy) is 1. The van der Waals surface area contributed by atoms with Gasteiger partial charge in [0.25, 0.3) is 11.8 Å². The maximum atomic E-state index is 12.3. The summed E-state index contributed by atoms with van der Waals surface area (Å²) in [6, 6.07) is 13.9. The minimum atomic E-state index is -0.572. The van der Waals surface area contributed by atoms with Crippen molar-refractivity contribution in [3.05, 3.63) is 58.8 Å². The van der Waals surface area contributed by atoms with Crippen LogP contribution in [0, 0.1) is 0 Å².